The number of aromatic nitrogens is 2. The van der Waals surface area contributed by atoms with Gasteiger partial charge in [0.2, 0.25) is 0 Å². The summed E-state index contributed by atoms with van der Waals surface area (Å²) in [5, 5.41) is 1.19. The van der Waals surface area contributed by atoms with Gasteiger partial charge in [-0.25, -0.2) is 4.98 Å². The molecule has 0 N–H and O–H groups in total. The zero-order valence-electron chi connectivity index (χ0n) is 10.0. The molecule has 2 aromatic heterocycles. The summed E-state index contributed by atoms with van der Waals surface area (Å²) in [5.41, 5.74) is 2.26. The second kappa shape index (κ2) is 4.88. The number of allylic oxidation sites excluding steroid dienone is 1. The van der Waals surface area contributed by atoms with E-state index in [1.54, 1.807) is 0 Å². The van der Waals surface area contributed by atoms with Crippen LogP contribution in [-0.4, -0.2) is 9.55 Å². The SMILES string of the molecule is C(=C\c1ccccc1)/Cn1ccc2cccnc21. The molecule has 2 heteroatoms. The monoisotopic (exact) mass is 234 g/mol. The fourth-order valence-electron chi connectivity index (χ4n) is 2.03. The molecule has 0 amide bonds. The van der Waals surface area contributed by atoms with Crippen molar-refractivity contribution < 1.29 is 0 Å². The van der Waals surface area contributed by atoms with Gasteiger partial charge in [-0.05, 0) is 23.8 Å². The van der Waals surface area contributed by atoms with Crippen LogP contribution < -0.4 is 0 Å². The zero-order valence-corrected chi connectivity index (χ0v) is 10.0. The van der Waals surface area contributed by atoms with Crippen molar-refractivity contribution in [1.82, 2.24) is 9.55 Å². The Kier molecular flexibility index (Phi) is 2.92. The molecule has 0 aliphatic heterocycles. The third-order valence-electron chi connectivity index (χ3n) is 2.93. The summed E-state index contributed by atoms with van der Waals surface area (Å²) in [4.78, 5) is 4.40. The summed E-state index contributed by atoms with van der Waals surface area (Å²) in [5.74, 6) is 0. The summed E-state index contributed by atoms with van der Waals surface area (Å²) >= 11 is 0. The largest absolute Gasteiger partial charge is 0.329 e. The molecule has 0 spiro atoms. The van der Waals surface area contributed by atoms with Crippen molar-refractivity contribution in [3.63, 3.8) is 0 Å². The molecule has 2 heterocycles. The van der Waals surface area contributed by atoms with E-state index in [1.807, 2.05) is 30.5 Å². The summed E-state index contributed by atoms with van der Waals surface area (Å²) < 4.78 is 2.15. The van der Waals surface area contributed by atoms with Crippen LogP contribution in [0.25, 0.3) is 17.1 Å². The molecular formula is C16H14N2. The summed E-state index contributed by atoms with van der Waals surface area (Å²) in [6.45, 7) is 0.843. The predicted octanol–water partition coefficient (Wildman–Crippen LogP) is 3.75. The van der Waals surface area contributed by atoms with E-state index in [-0.39, 0.29) is 0 Å². The average Bonchev–Trinajstić information content (AvgIpc) is 2.84. The van der Waals surface area contributed by atoms with Crippen LogP contribution in [0.15, 0.2) is 67.0 Å². The van der Waals surface area contributed by atoms with E-state index in [0.29, 0.717) is 0 Å². The Labute approximate surface area is 106 Å². The number of nitrogens with zero attached hydrogens (tertiary/aromatic N) is 2. The maximum absolute atomic E-state index is 4.40. The van der Waals surface area contributed by atoms with Crippen LogP contribution in [0.2, 0.25) is 0 Å². The van der Waals surface area contributed by atoms with Gasteiger partial charge in [0.05, 0.1) is 0 Å². The second-order valence-electron chi connectivity index (χ2n) is 4.20. The van der Waals surface area contributed by atoms with Crippen molar-refractivity contribution in [2.45, 2.75) is 6.54 Å². The average molecular weight is 234 g/mol. The minimum Gasteiger partial charge on any atom is -0.329 e. The van der Waals surface area contributed by atoms with Crippen molar-refractivity contribution >= 4 is 17.1 Å². The van der Waals surface area contributed by atoms with Crippen molar-refractivity contribution in [2.24, 2.45) is 0 Å². The molecule has 18 heavy (non-hydrogen) atoms. The number of fused-ring (bicyclic) bond motifs is 1. The van der Waals surface area contributed by atoms with E-state index in [9.17, 15) is 0 Å². The number of benzene rings is 1. The Hall–Kier alpha value is -2.35. The van der Waals surface area contributed by atoms with Gasteiger partial charge >= 0.3 is 0 Å². The van der Waals surface area contributed by atoms with Crippen molar-refractivity contribution in [1.29, 1.82) is 0 Å². The summed E-state index contributed by atoms with van der Waals surface area (Å²) in [6, 6.07) is 16.5. The highest BCUT2D eigenvalue weighted by atomic mass is 15.0. The number of hydrogen-bond donors (Lipinski definition) is 0. The van der Waals surface area contributed by atoms with Gasteiger partial charge in [-0.15, -0.1) is 0 Å². The van der Waals surface area contributed by atoms with E-state index in [4.69, 9.17) is 0 Å². The van der Waals surface area contributed by atoms with E-state index in [2.05, 4.69) is 52.2 Å². The van der Waals surface area contributed by atoms with Gasteiger partial charge in [0.1, 0.15) is 5.65 Å². The lowest BCUT2D eigenvalue weighted by Gasteiger charge is -1.99. The number of hydrogen-bond acceptors (Lipinski definition) is 1. The minimum absolute atomic E-state index is 0.843. The molecule has 0 radical (unpaired) electrons. The minimum atomic E-state index is 0.843. The molecular weight excluding hydrogens is 220 g/mol. The van der Waals surface area contributed by atoms with E-state index in [0.717, 1.165) is 12.2 Å². The maximum atomic E-state index is 4.40. The van der Waals surface area contributed by atoms with Gasteiger partial charge in [0, 0.05) is 24.3 Å². The summed E-state index contributed by atoms with van der Waals surface area (Å²) in [7, 11) is 0. The molecule has 3 aromatic rings. The Morgan fingerprint density at radius 3 is 2.78 bits per heavy atom. The first-order valence-corrected chi connectivity index (χ1v) is 6.05. The lowest BCUT2D eigenvalue weighted by atomic mass is 10.2. The van der Waals surface area contributed by atoms with Crippen LogP contribution in [0.3, 0.4) is 0 Å². The van der Waals surface area contributed by atoms with E-state index in [1.165, 1.54) is 10.9 Å². The maximum Gasteiger partial charge on any atom is 0.140 e. The third kappa shape index (κ3) is 2.18. The lowest BCUT2D eigenvalue weighted by Crippen LogP contribution is -1.93. The quantitative estimate of drug-likeness (QED) is 0.675. The number of rotatable bonds is 3. The molecule has 1 aromatic carbocycles. The zero-order chi connectivity index (χ0) is 12.2. The van der Waals surface area contributed by atoms with Gasteiger partial charge in [-0.2, -0.15) is 0 Å². The molecule has 3 rings (SSSR count). The molecule has 0 aliphatic carbocycles. The Morgan fingerprint density at radius 2 is 1.89 bits per heavy atom. The van der Waals surface area contributed by atoms with Gasteiger partial charge in [-0.3, -0.25) is 0 Å². The van der Waals surface area contributed by atoms with Crippen LogP contribution in [-0.2, 0) is 6.54 Å². The molecule has 0 fully saturated rings. The molecule has 0 unspecified atom stereocenters. The molecule has 0 atom stereocenters. The first-order valence-electron chi connectivity index (χ1n) is 6.05. The topological polar surface area (TPSA) is 17.8 Å². The first-order chi connectivity index (χ1) is 8.93. The van der Waals surface area contributed by atoms with Crippen molar-refractivity contribution in [3.8, 4) is 0 Å². The highest BCUT2D eigenvalue weighted by Gasteiger charge is 1.98. The Morgan fingerprint density at radius 1 is 1.00 bits per heavy atom. The highest BCUT2D eigenvalue weighted by Crippen LogP contribution is 2.12. The number of pyridine rings is 1. The van der Waals surface area contributed by atoms with Crippen LogP contribution in [0, 0.1) is 0 Å². The van der Waals surface area contributed by atoms with Crippen LogP contribution in [0.5, 0.6) is 0 Å². The smallest absolute Gasteiger partial charge is 0.140 e. The van der Waals surface area contributed by atoms with Gasteiger partial charge in [0.15, 0.2) is 0 Å². The van der Waals surface area contributed by atoms with Gasteiger partial charge in [-0.1, -0.05) is 42.5 Å². The molecule has 0 aliphatic rings. The summed E-state index contributed by atoms with van der Waals surface area (Å²) in [6.07, 6.45) is 8.20. The van der Waals surface area contributed by atoms with Crippen molar-refractivity contribution in [3.05, 3.63) is 72.6 Å². The third-order valence-corrected chi connectivity index (χ3v) is 2.93. The molecule has 0 bridgehead atoms. The lowest BCUT2D eigenvalue weighted by molar-refractivity contribution is 0.853. The van der Waals surface area contributed by atoms with Crippen LogP contribution in [0.1, 0.15) is 5.56 Å². The normalized spacial score (nSPS) is 11.3. The van der Waals surface area contributed by atoms with E-state index < -0.39 is 0 Å². The first kappa shape index (κ1) is 10.8. The van der Waals surface area contributed by atoms with Gasteiger partial charge in [0.25, 0.3) is 0 Å². The van der Waals surface area contributed by atoms with Crippen LogP contribution >= 0.6 is 0 Å². The van der Waals surface area contributed by atoms with Crippen molar-refractivity contribution in [2.75, 3.05) is 0 Å². The predicted molar refractivity (Wildman–Crippen MR) is 75.2 cm³/mol. The Bertz CT molecular complexity index is 666. The van der Waals surface area contributed by atoms with Gasteiger partial charge < -0.3 is 4.57 Å². The van der Waals surface area contributed by atoms with Crippen LogP contribution in [0.4, 0.5) is 0 Å². The fourth-order valence-corrected chi connectivity index (χ4v) is 2.03. The molecule has 0 saturated carbocycles. The standard InChI is InChI=1S/C16H14N2/c1-2-6-14(7-3-1)8-5-12-18-13-10-15-9-4-11-17-16(15)18/h1-11,13H,12H2/b8-5+. The highest BCUT2D eigenvalue weighted by molar-refractivity contribution is 5.75. The molecule has 0 saturated heterocycles. The van der Waals surface area contributed by atoms with E-state index >= 15 is 0 Å². The molecule has 2 nitrogen and oxygen atoms in total. The second-order valence-corrected chi connectivity index (χ2v) is 4.20. The Balaban J connectivity index is 1.79. The molecule has 88 valence electrons. The fraction of sp³-hybridized carbons (Fsp3) is 0.0625.